The Morgan fingerprint density at radius 2 is 2.05 bits per heavy atom. The van der Waals surface area contributed by atoms with Gasteiger partial charge < -0.3 is 5.11 Å². The first kappa shape index (κ1) is 14.8. The van der Waals surface area contributed by atoms with Crippen LogP contribution in [-0.4, -0.2) is 21.2 Å². The van der Waals surface area contributed by atoms with Gasteiger partial charge in [0.25, 0.3) is 0 Å². The molecule has 0 saturated heterocycles. The van der Waals surface area contributed by atoms with Crippen LogP contribution in [0.2, 0.25) is 0 Å². The maximum Gasteiger partial charge on any atom is 0.337 e. The van der Waals surface area contributed by atoms with Crippen molar-refractivity contribution in [1.82, 2.24) is 4.98 Å². The maximum atomic E-state index is 11.8. The Balaban J connectivity index is 2.03. The third kappa shape index (κ3) is 2.64. The van der Waals surface area contributed by atoms with Crippen LogP contribution < -0.4 is 0 Å². The number of pyridine rings is 1. The van der Waals surface area contributed by atoms with E-state index in [0.717, 1.165) is 21.7 Å². The zero-order chi connectivity index (χ0) is 15.9. The van der Waals surface area contributed by atoms with E-state index in [9.17, 15) is 9.59 Å². The van der Waals surface area contributed by atoms with Crippen LogP contribution in [0.15, 0.2) is 41.4 Å². The third-order valence-electron chi connectivity index (χ3n) is 3.82. The van der Waals surface area contributed by atoms with Gasteiger partial charge in [0.2, 0.25) is 0 Å². The Hall–Kier alpha value is -2.14. The summed E-state index contributed by atoms with van der Waals surface area (Å²) in [7, 11) is 0. The van der Waals surface area contributed by atoms with Crippen molar-refractivity contribution in [3.63, 3.8) is 0 Å². The second-order valence-electron chi connectivity index (χ2n) is 5.98. The van der Waals surface area contributed by atoms with Crippen LogP contribution in [0.4, 0.5) is 0 Å². The topological polar surface area (TPSA) is 67.3 Å². The number of fused-ring (bicyclic) bond motifs is 1. The molecule has 0 bridgehead atoms. The number of nitrogens with zero attached hydrogens (tertiary/aromatic N) is 1. The van der Waals surface area contributed by atoms with Crippen LogP contribution >= 0.6 is 11.8 Å². The van der Waals surface area contributed by atoms with Gasteiger partial charge in [-0.3, -0.25) is 9.78 Å². The number of hydrogen-bond acceptors (Lipinski definition) is 4. The zero-order valence-corrected chi connectivity index (χ0v) is 13.1. The lowest BCUT2D eigenvalue weighted by molar-refractivity contribution is -0.112. The summed E-state index contributed by atoms with van der Waals surface area (Å²) in [4.78, 5) is 27.9. The van der Waals surface area contributed by atoms with Crippen molar-refractivity contribution in [1.29, 1.82) is 0 Å². The van der Waals surface area contributed by atoms with E-state index in [1.165, 1.54) is 18.0 Å². The summed E-state index contributed by atoms with van der Waals surface area (Å²) in [6, 6.07) is 9.18. The highest BCUT2D eigenvalue weighted by molar-refractivity contribution is 8.13. The number of carboxylic acids is 1. The predicted molar refractivity (Wildman–Crippen MR) is 85.1 cm³/mol. The quantitative estimate of drug-likeness (QED) is 0.914. The van der Waals surface area contributed by atoms with Gasteiger partial charge in [0.15, 0.2) is 5.12 Å². The fraction of sp³-hybridized carbons (Fsp3) is 0.235. The number of carbonyl (C=O) groups excluding carboxylic acids is 1. The predicted octanol–water partition coefficient (Wildman–Crippen LogP) is 3.75. The van der Waals surface area contributed by atoms with Crippen LogP contribution in [0, 0.1) is 0 Å². The molecule has 1 aliphatic rings. The number of thioether (sulfide) groups is 1. The number of benzene rings is 1. The first-order chi connectivity index (χ1) is 10.4. The summed E-state index contributed by atoms with van der Waals surface area (Å²) in [5.74, 6) is -0.986. The number of carbonyl (C=O) groups is 2. The van der Waals surface area contributed by atoms with Crippen LogP contribution in [0.3, 0.4) is 0 Å². The lowest BCUT2D eigenvalue weighted by atomic mass is 9.80. The standard InChI is InChI=1S/C17H15NO3S/c1-17(2)8-15(19)22-14-6-4-10(7-12(14)17)13-5-3-11(9-18-13)16(20)21/h3-7,9H,8H2,1-2H3,(H,20,21). The van der Waals surface area contributed by atoms with Crippen LogP contribution in [0.25, 0.3) is 11.3 Å². The first-order valence-electron chi connectivity index (χ1n) is 6.92. The van der Waals surface area contributed by atoms with Crippen LogP contribution in [0.1, 0.15) is 36.2 Å². The average molecular weight is 313 g/mol. The molecule has 0 saturated carbocycles. The van der Waals surface area contributed by atoms with E-state index in [1.54, 1.807) is 12.1 Å². The molecule has 1 aliphatic heterocycles. The lowest BCUT2D eigenvalue weighted by Crippen LogP contribution is -2.25. The molecule has 2 aromatic rings. The molecule has 3 rings (SSSR count). The van der Waals surface area contributed by atoms with Crippen molar-refractivity contribution in [2.45, 2.75) is 30.6 Å². The number of hydrogen-bond donors (Lipinski definition) is 1. The Labute approximate surface area is 132 Å². The fourth-order valence-corrected chi connectivity index (χ4v) is 3.87. The highest BCUT2D eigenvalue weighted by Gasteiger charge is 2.32. The van der Waals surface area contributed by atoms with Crippen LogP contribution in [-0.2, 0) is 10.2 Å². The molecule has 0 spiro atoms. The first-order valence-corrected chi connectivity index (χ1v) is 7.73. The van der Waals surface area contributed by atoms with Gasteiger partial charge >= 0.3 is 5.97 Å². The summed E-state index contributed by atoms with van der Waals surface area (Å²) >= 11 is 1.29. The molecular weight excluding hydrogens is 298 g/mol. The molecule has 1 aromatic carbocycles. The van der Waals surface area contributed by atoms with Gasteiger partial charge in [0.05, 0.1) is 11.3 Å². The SMILES string of the molecule is CC1(C)CC(=O)Sc2ccc(-c3ccc(C(=O)O)cn3)cc21. The van der Waals surface area contributed by atoms with Gasteiger partial charge in [-0.25, -0.2) is 4.79 Å². The van der Waals surface area contributed by atoms with Gasteiger partial charge in [-0.1, -0.05) is 31.7 Å². The van der Waals surface area contributed by atoms with Crippen molar-refractivity contribution in [2.75, 3.05) is 0 Å². The van der Waals surface area contributed by atoms with E-state index in [1.807, 2.05) is 12.1 Å². The van der Waals surface area contributed by atoms with Crippen molar-refractivity contribution < 1.29 is 14.7 Å². The molecule has 4 nitrogen and oxygen atoms in total. The molecule has 1 aromatic heterocycles. The summed E-state index contributed by atoms with van der Waals surface area (Å²) in [5, 5.41) is 9.11. The van der Waals surface area contributed by atoms with E-state index in [-0.39, 0.29) is 16.1 Å². The maximum absolute atomic E-state index is 11.8. The van der Waals surface area contributed by atoms with Gasteiger partial charge in [-0.05, 0) is 35.2 Å². The largest absolute Gasteiger partial charge is 0.478 e. The third-order valence-corrected chi connectivity index (χ3v) is 4.77. The highest BCUT2D eigenvalue weighted by Crippen LogP contribution is 2.43. The molecule has 2 heterocycles. The van der Waals surface area contributed by atoms with Crippen molar-refractivity contribution in [3.05, 3.63) is 47.7 Å². The average Bonchev–Trinajstić information content (AvgIpc) is 2.46. The highest BCUT2D eigenvalue weighted by atomic mass is 32.2. The zero-order valence-electron chi connectivity index (χ0n) is 12.3. The minimum atomic E-state index is -0.986. The molecular formula is C17H15NO3S. The molecule has 0 unspecified atom stereocenters. The van der Waals surface area contributed by atoms with Crippen molar-refractivity contribution in [3.8, 4) is 11.3 Å². The number of aromatic nitrogens is 1. The summed E-state index contributed by atoms with van der Waals surface area (Å²) < 4.78 is 0. The second kappa shape index (κ2) is 5.25. The van der Waals surface area contributed by atoms with Crippen molar-refractivity contribution >= 4 is 22.8 Å². The molecule has 112 valence electrons. The summed E-state index contributed by atoms with van der Waals surface area (Å²) in [5.41, 5.74) is 2.76. The minimum absolute atomic E-state index is 0.170. The van der Waals surface area contributed by atoms with Gasteiger partial charge in [-0.2, -0.15) is 0 Å². The Kier molecular flexibility index (Phi) is 3.53. The number of carboxylic acid groups (broad SMARTS) is 1. The Morgan fingerprint density at radius 3 is 2.68 bits per heavy atom. The molecule has 5 heteroatoms. The van der Waals surface area contributed by atoms with Gasteiger partial charge in [-0.15, -0.1) is 0 Å². The van der Waals surface area contributed by atoms with E-state index < -0.39 is 5.97 Å². The smallest absolute Gasteiger partial charge is 0.337 e. The molecule has 22 heavy (non-hydrogen) atoms. The van der Waals surface area contributed by atoms with Gasteiger partial charge in [0, 0.05) is 23.1 Å². The molecule has 1 N–H and O–H groups in total. The van der Waals surface area contributed by atoms with E-state index in [4.69, 9.17) is 5.11 Å². The minimum Gasteiger partial charge on any atom is -0.478 e. The normalized spacial score (nSPS) is 16.2. The molecule has 0 atom stereocenters. The van der Waals surface area contributed by atoms with E-state index in [2.05, 4.69) is 24.9 Å². The Morgan fingerprint density at radius 1 is 1.27 bits per heavy atom. The Bertz CT molecular complexity index is 766. The molecule has 0 fully saturated rings. The number of aromatic carboxylic acids is 1. The molecule has 0 radical (unpaired) electrons. The second-order valence-corrected chi connectivity index (χ2v) is 7.08. The lowest BCUT2D eigenvalue weighted by Gasteiger charge is -2.31. The van der Waals surface area contributed by atoms with Crippen molar-refractivity contribution in [2.24, 2.45) is 0 Å². The molecule has 0 aliphatic carbocycles. The monoisotopic (exact) mass is 313 g/mol. The summed E-state index contributed by atoms with van der Waals surface area (Å²) in [6.07, 6.45) is 1.88. The summed E-state index contributed by atoms with van der Waals surface area (Å²) in [6.45, 7) is 4.13. The molecule has 0 amide bonds. The van der Waals surface area contributed by atoms with E-state index in [0.29, 0.717) is 6.42 Å². The fourth-order valence-electron chi connectivity index (χ4n) is 2.61. The van der Waals surface area contributed by atoms with Gasteiger partial charge in [0.1, 0.15) is 0 Å². The number of rotatable bonds is 2. The van der Waals surface area contributed by atoms with Crippen LogP contribution in [0.5, 0.6) is 0 Å². The van der Waals surface area contributed by atoms with E-state index >= 15 is 0 Å².